The fourth-order valence-corrected chi connectivity index (χ4v) is 2.87. The van der Waals surface area contributed by atoms with E-state index in [0.29, 0.717) is 0 Å². The molecule has 152 valence electrons. The third-order valence-corrected chi connectivity index (χ3v) is 4.22. The van der Waals surface area contributed by atoms with Crippen LogP contribution < -0.4 is 0 Å². The van der Waals surface area contributed by atoms with Crippen LogP contribution in [0.5, 0.6) is 0 Å². The van der Waals surface area contributed by atoms with Gasteiger partial charge in [-0.3, -0.25) is 19.0 Å². The summed E-state index contributed by atoms with van der Waals surface area (Å²) >= 11 is 0. The van der Waals surface area contributed by atoms with Gasteiger partial charge in [0, 0.05) is 38.6 Å². The minimum atomic E-state index is -2.57. The zero-order valence-electron chi connectivity index (χ0n) is 14.7. The molecule has 0 spiro atoms. The molecule has 28 heavy (non-hydrogen) atoms. The van der Waals surface area contributed by atoms with Gasteiger partial charge in [-0.1, -0.05) is 0 Å². The molecule has 0 N–H and O–H groups in total. The molecule has 3 rings (SSSR count). The summed E-state index contributed by atoms with van der Waals surface area (Å²) in [5.41, 5.74) is 0.123. The number of carbonyl (C=O) groups is 2. The second kappa shape index (κ2) is 8.40. The lowest BCUT2D eigenvalue weighted by Gasteiger charge is -2.34. The molecule has 1 aliphatic rings. The molecule has 3 heterocycles. The number of aromatic nitrogens is 4. The van der Waals surface area contributed by atoms with Crippen molar-refractivity contribution in [2.24, 2.45) is 0 Å². The fourth-order valence-electron chi connectivity index (χ4n) is 2.87. The van der Waals surface area contributed by atoms with Gasteiger partial charge in [0.25, 0.3) is 24.7 Å². The van der Waals surface area contributed by atoms with Crippen LogP contribution in [0, 0.1) is 0 Å². The normalized spacial score (nSPS) is 14.9. The maximum atomic E-state index is 12.4. The Hall–Kier alpha value is -2.92. The van der Waals surface area contributed by atoms with Gasteiger partial charge >= 0.3 is 0 Å². The second-order valence-corrected chi connectivity index (χ2v) is 6.21. The van der Waals surface area contributed by atoms with Gasteiger partial charge in [-0.05, 0) is 12.1 Å². The Kier molecular flexibility index (Phi) is 5.95. The van der Waals surface area contributed by atoms with E-state index in [2.05, 4.69) is 10.2 Å². The van der Waals surface area contributed by atoms with Crippen molar-refractivity contribution in [2.75, 3.05) is 26.2 Å². The molecule has 2 amide bonds. The number of halogens is 4. The van der Waals surface area contributed by atoms with Crippen molar-refractivity contribution in [2.45, 2.75) is 25.9 Å². The minimum Gasteiger partial charge on any atom is -0.334 e. The molecule has 1 fully saturated rings. The number of rotatable bonds is 6. The summed E-state index contributed by atoms with van der Waals surface area (Å²) in [4.78, 5) is 27.8. The van der Waals surface area contributed by atoms with Crippen molar-refractivity contribution in [1.29, 1.82) is 0 Å². The van der Waals surface area contributed by atoms with E-state index >= 15 is 0 Å². The van der Waals surface area contributed by atoms with Crippen molar-refractivity contribution >= 4 is 11.8 Å². The summed E-state index contributed by atoms with van der Waals surface area (Å²) < 4.78 is 51.5. The summed E-state index contributed by atoms with van der Waals surface area (Å²) in [7, 11) is 0. The zero-order valence-corrected chi connectivity index (χ0v) is 14.7. The van der Waals surface area contributed by atoms with Crippen molar-refractivity contribution < 1.29 is 27.2 Å². The summed E-state index contributed by atoms with van der Waals surface area (Å²) in [5.74, 6) is -0.803. The summed E-state index contributed by atoms with van der Waals surface area (Å²) in [6.45, 7) is -0.219. The first-order valence-electron chi connectivity index (χ1n) is 8.55. The molecule has 0 aliphatic carbocycles. The van der Waals surface area contributed by atoms with Gasteiger partial charge in [0.05, 0.1) is 0 Å². The topological polar surface area (TPSA) is 76.3 Å². The Morgan fingerprint density at radius 1 is 0.786 bits per heavy atom. The highest BCUT2D eigenvalue weighted by Crippen LogP contribution is 2.11. The smallest absolute Gasteiger partial charge is 0.274 e. The van der Waals surface area contributed by atoms with Gasteiger partial charge < -0.3 is 9.80 Å². The van der Waals surface area contributed by atoms with E-state index in [0.717, 1.165) is 9.36 Å². The van der Waals surface area contributed by atoms with Gasteiger partial charge in [-0.25, -0.2) is 17.6 Å². The second-order valence-electron chi connectivity index (χ2n) is 6.21. The number of alkyl halides is 4. The van der Waals surface area contributed by atoms with Crippen LogP contribution in [-0.4, -0.2) is 80.2 Å². The van der Waals surface area contributed by atoms with Crippen LogP contribution in [-0.2, 0) is 13.1 Å². The van der Waals surface area contributed by atoms with E-state index in [4.69, 9.17) is 0 Å². The maximum absolute atomic E-state index is 12.4. The number of hydrogen-bond acceptors (Lipinski definition) is 4. The van der Waals surface area contributed by atoms with Crippen molar-refractivity contribution in [3.63, 3.8) is 0 Å². The molecule has 2 aromatic rings. The standard InChI is InChI=1S/C16H18F4N6O2/c17-13(18)9-25-3-1-11(21-25)15(27)23-5-7-24(8-6-23)16(28)12-2-4-26(22-12)10-14(19)20/h1-4,13-14H,5-10H2. The van der Waals surface area contributed by atoms with Gasteiger partial charge in [-0.2, -0.15) is 10.2 Å². The van der Waals surface area contributed by atoms with Crippen LogP contribution in [0.2, 0.25) is 0 Å². The van der Waals surface area contributed by atoms with E-state index in [1.54, 1.807) is 0 Å². The lowest BCUT2D eigenvalue weighted by atomic mass is 10.2. The van der Waals surface area contributed by atoms with E-state index in [1.165, 1.54) is 34.3 Å². The quantitative estimate of drug-likeness (QED) is 0.681. The fraction of sp³-hybridized carbons (Fsp3) is 0.500. The van der Waals surface area contributed by atoms with Crippen molar-refractivity contribution in [3.8, 4) is 0 Å². The predicted octanol–water partition coefficient (Wildman–Crippen LogP) is 1.21. The molecule has 1 aliphatic heterocycles. The Bertz CT molecular complexity index is 760. The van der Waals surface area contributed by atoms with Crippen LogP contribution in [0.4, 0.5) is 17.6 Å². The zero-order chi connectivity index (χ0) is 20.3. The molecule has 0 unspecified atom stereocenters. The number of amides is 2. The van der Waals surface area contributed by atoms with E-state index in [9.17, 15) is 27.2 Å². The van der Waals surface area contributed by atoms with E-state index in [-0.39, 0.29) is 37.6 Å². The maximum Gasteiger partial charge on any atom is 0.274 e. The molecule has 0 aromatic carbocycles. The molecule has 8 nitrogen and oxygen atoms in total. The number of nitrogens with zero attached hydrogens (tertiary/aromatic N) is 6. The van der Waals surface area contributed by atoms with Crippen LogP contribution in [0.3, 0.4) is 0 Å². The molecule has 2 aromatic heterocycles. The number of hydrogen-bond donors (Lipinski definition) is 0. The Balaban J connectivity index is 1.55. The minimum absolute atomic E-state index is 0.0613. The van der Waals surface area contributed by atoms with Crippen molar-refractivity contribution in [1.82, 2.24) is 29.4 Å². The Labute approximate surface area is 157 Å². The number of piperazine rings is 1. The average molecular weight is 402 g/mol. The highest BCUT2D eigenvalue weighted by atomic mass is 19.3. The molecular weight excluding hydrogens is 384 g/mol. The Morgan fingerprint density at radius 2 is 1.14 bits per heavy atom. The molecule has 1 saturated heterocycles. The monoisotopic (exact) mass is 402 g/mol. The molecule has 0 radical (unpaired) electrons. The van der Waals surface area contributed by atoms with Gasteiger partial charge in [0.2, 0.25) is 0 Å². The third-order valence-electron chi connectivity index (χ3n) is 4.22. The molecule has 0 saturated carbocycles. The third kappa shape index (κ3) is 4.67. The summed E-state index contributed by atoms with van der Waals surface area (Å²) in [6, 6.07) is 2.75. The van der Waals surface area contributed by atoms with Gasteiger partial charge in [0.1, 0.15) is 24.5 Å². The van der Waals surface area contributed by atoms with Crippen LogP contribution in [0.25, 0.3) is 0 Å². The largest absolute Gasteiger partial charge is 0.334 e. The molecule has 0 bridgehead atoms. The Morgan fingerprint density at radius 3 is 1.46 bits per heavy atom. The lowest BCUT2D eigenvalue weighted by molar-refractivity contribution is 0.0526. The van der Waals surface area contributed by atoms with E-state index < -0.39 is 37.8 Å². The predicted molar refractivity (Wildman–Crippen MR) is 88.3 cm³/mol. The highest BCUT2D eigenvalue weighted by molar-refractivity contribution is 5.94. The van der Waals surface area contributed by atoms with Crippen LogP contribution in [0.1, 0.15) is 21.0 Å². The first kappa shape index (κ1) is 19.8. The van der Waals surface area contributed by atoms with Gasteiger partial charge in [-0.15, -0.1) is 0 Å². The van der Waals surface area contributed by atoms with Gasteiger partial charge in [0.15, 0.2) is 0 Å². The number of carbonyl (C=O) groups excluding carboxylic acids is 2. The highest BCUT2D eigenvalue weighted by Gasteiger charge is 2.27. The first-order valence-corrected chi connectivity index (χ1v) is 8.55. The molecule has 12 heteroatoms. The van der Waals surface area contributed by atoms with Crippen LogP contribution >= 0.6 is 0 Å². The SMILES string of the molecule is O=C(c1ccn(CC(F)F)n1)N1CCN(C(=O)c2ccn(CC(F)F)n2)CC1. The molecular formula is C16H18F4N6O2. The van der Waals surface area contributed by atoms with Crippen LogP contribution in [0.15, 0.2) is 24.5 Å². The molecule has 0 atom stereocenters. The average Bonchev–Trinajstić information content (AvgIpc) is 3.29. The van der Waals surface area contributed by atoms with E-state index in [1.807, 2.05) is 0 Å². The lowest BCUT2D eigenvalue weighted by Crippen LogP contribution is -2.50. The summed E-state index contributed by atoms with van der Waals surface area (Å²) in [5, 5.41) is 7.69. The first-order chi connectivity index (χ1) is 13.3. The summed E-state index contributed by atoms with van der Waals surface area (Å²) in [6.07, 6.45) is -2.51. The van der Waals surface area contributed by atoms with Crippen molar-refractivity contribution in [3.05, 3.63) is 35.9 Å².